The van der Waals surface area contributed by atoms with Crippen molar-refractivity contribution >= 4 is 11.5 Å². The second-order valence-electron chi connectivity index (χ2n) is 6.65. The molecule has 2 aliphatic rings. The van der Waals surface area contributed by atoms with E-state index in [-0.39, 0.29) is 31.1 Å². The van der Waals surface area contributed by atoms with Crippen LogP contribution in [0.2, 0.25) is 0 Å². The first-order valence-electron chi connectivity index (χ1n) is 8.81. The molecule has 0 bridgehead atoms. The summed E-state index contributed by atoms with van der Waals surface area (Å²) in [5.74, 6) is -0.423. The average molecular weight is 340 g/mol. The first-order valence-corrected chi connectivity index (χ1v) is 8.81. The van der Waals surface area contributed by atoms with Crippen LogP contribution in [0.25, 0.3) is 5.57 Å². The van der Waals surface area contributed by atoms with Gasteiger partial charge in [0, 0.05) is 13.0 Å². The fourth-order valence-electron chi connectivity index (χ4n) is 4.08. The number of aliphatic hydroxyl groups excluding tert-OH is 1. The van der Waals surface area contributed by atoms with Gasteiger partial charge in [-0.1, -0.05) is 30.3 Å². The van der Waals surface area contributed by atoms with E-state index in [4.69, 9.17) is 4.74 Å². The van der Waals surface area contributed by atoms with Crippen LogP contribution in [0.15, 0.2) is 30.3 Å². The van der Waals surface area contributed by atoms with Crippen LogP contribution in [-0.2, 0) is 9.53 Å². The third-order valence-electron chi connectivity index (χ3n) is 5.24. The highest BCUT2D eigenvalue weighted by Crippen LogP contribution is 2.44. The molecule has 5 nitrogen and oxygen atoms in total. The first-order chi connectivity index (χ1) is 12.2. The van der Waals surface area contributed by atoms with E-state index in [2.05, 4.69) is 18.2 Å². The molecule has 1 aromatic rings. The van der Waals surface area contributed by atoms with E-state index in [9.17, 15) is 15.2 Å². The van der Waals surface area contributed by atoms with Gasteiger partial charge in [-0.2, -0.15) is 5.26 Å². The summed E-state index contributed by atoms with van der Waals surface area (Å²) in [7, 11) is 1.45. The Hall–Kier alpha value is -2.16. The van der Waals surface area contributed by atoms with Crippen molar-refractivity contribution < 1.29 is 14.6 Å². The fraction of sp³-hybridized carbons (Fsp3) is 0.500. The summed E-state index contributed by atoms with van der Waals surface area (Å²) in [6, 6.07) is 9.40. The fourth-order valence-corrected chi connectivity index (χ4v) is 4.08. The maximum Gasteiger partial charge on any atom is 0.249 e. The van der Waals surface area contributed by atoms with Gasteiger partial charge in [0.2, 0.25) is 5.91 Å². The van der Waals surface area contributed by atoms with Crippen LogP contribution in [0.4, 0.5) is 0 Å². The van der Waals surface area contributed by atoms with E-state index in [1.165, 1.54) is 30.4 Å². The molecule has 5 heteroatoms. The summed E-state index contributed by atoms with van der Waals surface area (Å²) in [6.45, 7) is -0.236. The molecule has 1 fully saturated rings. The number of methoxy groups -OCH3 is 1. The maximum atomic E-state index is 12.3. The minimum absolute atomic E-state index is 0.0752. The molecular weight excluding hydrogens is 316 g/mol. The van der Waals surface area contributed by atoms with Gasteiger partial charge < -0.3 is 14.7 Å². The highest BCUT2D eigenvalue weighted by atomic mass is 16.5. The molecular formula is C20H24N2O3. The summed E-state index contributed by atoms with van der Waals surface area (Å²) in [5.41, 5.74) is 3.53. The molecule has 1 aliphatic heterocycles. The monoisotopic (exact) mass is 340 g/mol. The summed E-state index contributed by atoms with van der Waals surface area (Å²) in [4.78, 5) is 13.7. The van der Waals surface area contributed by atoms with E-state index >= 15 is 0 Å². The Morgan fingerprint density at radius 2 is 2.20 bits per heavy atom. The normalized spacial score (nSPS) is 25.7. The van der Waals surface area contributed by atoms with Gasteiger partial charge in [0.25, 0.3) is 0 Å². The van der Waals surface area contributed by atoms with Gasteiger partial charge in [-0.15, -0.1) is 0 Å². The Bertz CT molecular complexity index is 707. The number of rotatable bonds is 5. The van der Waals surface area contributed by atoms with Crippen molar-refractivity contribution in [1.82, 2.24) is 4.90 Å². The second kappa shape index (κ2) is 7.81. The van der Waals surface area contributed by atoms with Crippen molar-refractivity contribution in [1.29, 1.82) is 5.26 Å². The molecule has 132 valence electrons. The smallest absolute Gasteiger partial charge is 0.249 e. The topological polar surface area (TPSA) is 73.6 Å². The molecule has 0 saturated carbocycles. The minimum atomic E-state index is -0.565. The predicted molar refractivity (Wildman–Crippen MR) is 94.6 cm³/mol. The van der Waals surface area contributed by atoms with Crippen LogP contribution in [-0.4, -0.2) is 48.3 Å². The maximum absolute atomic E-state index is 12.3. The van der Waals surface area contributed by atoms with Crippen LogP contribution in [0.3, 0.4) is 0 Å². The SMILES string of the molecule is COCC(=O)N1[C@H](C#N)[C@@H](c2ccccc2C2=CCCCC2)[C@@H]1CO. The molecule has 1 aromatic carbocycles. The summed E-state index contributed by atoms with van der Waals surface area (Å²) < 4.78 is 4.91. The lowest BCUT2D eigenvalue weighted by Gasteiger charge is -2.52. The Morgan fingerprint density at radius 1 is 1.40 bits per heavy atom. The number of carbonyl (C=O) groups excluding carboxylic acids is 1. The van der Waals surface area contributed by atoms with Gasteiger partial charge in [-0.05, 0) is 42.4 Å². The van der Waals surface area contributed by atoms with E-state index < -0.39 is 6.04 Å². The molecule has 0 radical (unpaired) electrons. The van der Waals surface area contributed by atoms with Crippen molar-refractivity contribution in [3.8, 4) is 6.07 Å². The van der Waals surface area contributed by atoms with E-state index in [1.54, 1.807) is 0 Å². The van der Waals surface area contributed by atoms with Gasteiger partial charge in [-0.3, -0.25) is 4.79 Å². The lowest BCUT2D eigenvalue weighted by atomic mass is 9.72. The number of allylic oxidation sites excluding steroid dienone is 2. The molecule has 25 heavy (non-hydrogen) atoms. The highest BCUT2D eigenvalue weighted by molar-refractivity contribution is 5.81. The zero-order valence-corrected chi connectivity index (χ0v) is 14.5. The van der Waals surface area contributed by atoms with Gasteiger partial charge in [0.05, 0.1) is 18.7 Å². The lowest BCUT2D eigenvalue weighted by Crippen LogP contribution is -2.66. The highest BCUT2D eigenvalue weighted by Gasteiger charge is 2.52. The number of benzene rings is 1. The van der Waals surface area contributed by atoms with Crippen molar-refractivity contribution in [2.24, 2.45) is 0 Å². The molecule has 3 rings (SSSR count). The molecule has 0 aromatic heterocycles. The van der Waals surface area contributed by atoms with Crippen molar-refractivity contribution in [2.45, 2.75) is 43.7 Å². The number of amides is 1. The van der Waals surface area contributed by atoms with E-state index in [1.807, 2.05) is 18.2 Å². The molecule has 3 atom stereocenters. The molecule has 1 aliphatic carbocycles. The quantitative estimate of drug-likeness (QED) is 0.894. The van der Waals surface area contributed by atoms with Gasteiger partial charge in [0.1, 0.15) is 12.6 Å². The van der Waals surface area contributed by atoms with E-state index in [0.29, 0.717) is 0 Å². The Balaban J connectivity index is 1.95. The van der Waals surface area contributed by atoms with Gasteiger partial charge >= 0.3 is 0 Å². The van der Waals surface area contributed by atoms with Crippen molar-refractivity contribution in [3.63, 3.8) is 0 Å². The number of ether oxygens (including phenoxy) is 1. The predicted octanol–water partition coefficient (Wildman–Crippen LogP) is 2.47. The molecule has 0 spiro atoms. The molecule has 0 unspecified atom stereocenters. The van der Waals surface area contributed by atoms with Gasteiger partial charge in [-0.25, -0.2) is 0 Å². The second-order valence-corrected chi connectivity index (χ2v) is 6.65. The number of nitriles is 1. The van der Waals surface area contributed by atoms with Crippen LogP contribution < -0.4 is 0 Å². The van der Waals surface area contributed by atoms with Crippen LogP contribution >= 0.6 is 0 Å². The van der Waals surface area contributed by atoms with Crippen LogP contribution in [0.1, 0.15) is 42.7 Å². The van der Waals surface area contributed by atoms with Crippen LogP contribution in [0, 0.1) is 11.3 Å². The number of aliphatic hydroxyl groups is 1. The standard InChI is InChI=1S/C20H24N2O3/c1-25-13-19(24)22-17(11-21)20(18(22)12-23)16-10-6-5-9-15(16)14-7-3-2-4-8-14/h5-7,9-10,17-18,20,23H,2-4,8,12-13H2,1H3/t17-,18+,20-/m1/s1. The Kier molecular flexibility index (Phi) is 5.52. The lowest BCUT2D eigenvalue weighted by molar-refractivity contribution is -0.150. The third-order valence-corrected chi connectivity index (χ3v) is 5.24. The Labute approximate surface area is 148 Å². The summed E-state index contributed by atoms with van der Waals surface area (Å²) in [6.07, 6.45) is 6.79. The zero-order valence-electron chi connectivity index (χ0n) is 14.5. The molecule has 1 N–H and O–H groups in total. The minimum Gasteiger partial charge on any atom is -0.394 e. The zero-order chi connectivity index (χ0) is 17.8. The molecule has 1 amide bonds. The van der Waals surface area contributed by atoms with Crippen molar-refractivity contribution in [3.05, 3.63) is 41.5 Å². The molecule has 1 heterocycles. The average Bonchev–Trinajstić information content (AvgIpc) is 2.63. The van der Waals surface area contributed by atoms with Gasteiger partial charge in [0.15, 0.2) is 0 Å². The van der Waals surface area contributed by atoms with Crippen LogP contribution in [0.5, 0.6) is 0 Å². The first kappa shape index (κ1) is 17.7. The number of likely N-dealkylation sites (tertiary alicyclic amines) is 1. The number of carbonyl (C=O) groups is 1. The molecule has 1 saturated heterocycles. The Morgan fingerprint density at radius 3 is 2.84 bits per heavy atom. The number of hydrogen-bond donors (Lipinski definition) is 1. The third kappa shape index (κ3) is 3.20. The number of hydrogen-bond acceptors (Lipinski definition) is 4. The number of nitrogens with zero attached hydrogens (tertiary/aromatic N) is 2. The largest absolute Gasteiger partial charge is 0.394 e. The van der Waals surface area contributed by atoms with E-state index in [0.717, 1.165) is 24.0 Å². The summed E-state index contributed by atoms with van der Waals surface area (Å²) in [5, 5.41) is 19.5. The summed E-state index contributed by atoms with van der Waals surface area (Å²) >= 11 is 0. The van der Waals surface area contributed by atoms with Crippen molar-refractivity contribution in [2.75, 3.05) is 20.3 Å².